The Labute approximate surface area is 240 Å². The van der Waals surface area contributed by atoms with Gasteiger partial charge in [0.15, 0.2) is 5.82 Å². The summed E-state index contributed by atoms with van der Waals surface area (Å²) in [7, 11) is 2.01. The van der Waals surface area contributed by atoms with Crippen LogP contribution in [0.2, 0.25) is 5.02 Å². The lowest BCUT2D eigenvalue weighted by molar-refractivity contribution is -0.125. The van der Waals surface area contributed by atoms with Gasteiger partial charge < -0.3 is 19.4 Å². The van der Waals surface area contributed by atoms with Gasteiger partial charge in [0.2, 0.25) is 5.91 Å². The van der Waals surface area contributed by atoms with E-state index in [2.05, 4.69) is 55.2 Å². The van der Waals surface area contributed by atoms with Gasteiger partial charge in [0.05, 0.1) is 43.0 Å². The molecule has 2 aliphatic rings. The van der Waals surface area contributed by atoms with Crippen LogP contribution in [0.1, 0.15) is 17.7 Å². The van der Waals surface area contributed by atoms with Crippen molar-refractivity contribution in [3.8, 4) is 6.07 Å². The summed E-state index contributed by atoms with van der Waals surface area (Å²) < 4.78 is 5.38. The van der Waals surface area contributed by atoms with E-state index in [4.69, 9.17) is 21.6 Å². The highest BCUT2D eigenvalue weighted by Crippen LogP contribution is 2.36. The van der Waals surface area contributed by atoms with Gasteiger partial charge in [-0.05, 0) is 23.9 Å². The Morgan fingerprint density at radius 1 is 1.18 bits per heavy atom. The minimum absolute atomic E-state index is 0.0645. The van der Waals surface area contributed by atoms with E-state index in [1.165, 1.54) is 5.56 Å². The lowest BCUT2D eigenvalue weighted by Gasteiger charge is -2.31. The normalized spacial score (nSPS) is 15.8. The third-order valence-corrected chi connectivity index (χ3v) is 8.00. The number of morpholine rings is 1. The number of aromatic nitrogens is 2. The minimum atomic E-state index is -0.0645. The average molecular weight is 562 g/mol. The number of aromatic amines is 1. The summed E-state index contributed by atoms with van der Waals surface area (Å²) in [5.41, 5.74) is 3.44. The van der Waals surface area contributed by atoms with Crippen LogP contribution in [0, 0.1) is 11.3 Å². The molecule has 0 atom stereocenters. The largest absolute Gasteiger partial charge is 0.379 e. The van der Waals surface area contributed by atoms with Crippen molar-refractivity contribution in [1.29, 1.82) is 5.26 Å². The van der Waals surface area contributed by atoms with Crippen molar-refractivity contribution in [3.63, 3.8) is 0 Å². The van der Waals surface area contributed by atoms with Crippen LogP contribution >= 0.6 is 11.6 Å². The van der Waals surface area contributed by atoms with E-state index in [0.717, 1.165) is 85.4 Å². The summed E-state index contributed by atoms with van der Waals surface area (Å²) in [5, 5.41) is 20.0. The molecule has 9 nitrogen and oxygen atoms in total. The van der Waals surface area contributed by atoms with Gasteiger partial charge in [-0.1, -0.05) is 41.9 Å². The Kier molecular flexibility index (Phi) is 9.22. The van der Waals surface area contributed by atoms with E-state index in [1.54, 1.807) is 11.0 Å². The first-order valence-corrected chi connectivity index (χ1v) is 14.2. The summed E-state index contributed by atoms with van der Waals surface area (Å²) >= 11 is 6.59. The molecule has 0 unspecified atom stereocenters. The van der Waals surface area contributed by atoms with Crippen molar-refractivity contribution in [3.05, 3.63) is 64.8 Å². The number of hydrogen-bond acceptors (Lipinski definition) is 7. The molecule has 1 fully saturated rings. The minimum Gasteiger partial charge on any atom is -0.379 e. The van der Waals surface area contributed by atoms with Crippen molar-refractivity contribution in [1.82, 2.24) is 20.0 Å². The van der Waals surface area contributed by atoms with Gasteiger partial charge in [-0.15, -0.1) is 0 Å². The zero-order valence-electron chi connectivity index (χ0n) is 23.0. The van der Waals surface area contributed by atoms with Crippen molar-refractivity contribution in [2.24, 2.45) is 0 Å². The number of amides is 1. The molecule has 0 spiro atoms. The number of carbonyl (C=O) groups excluding carboxylic acids is 1. The number of rotatable bonds is 10. The van der Waals surface area contributed by atoms with Crippen LogP contribution in [0.3, 0.4) is 0 Å². The summed E-state index contributed by atoms with van der Waals surface area (Å²) in [6, 6.07) is 14.5. The number of nitrogens with zero attached hydrogens (tertiary/aromatic N) is 6. The second kappa shape index (κ2) is 13.2. The van der Waals surface area contributed by atoms with E-state index in [-0.39, 0.29) is 5.91 Å². The average Bonchev–Trinajstić information content (AvgIpc) is 3.41. The predicted molar refractivity (Wildman–Crippen MR) is 159 cm³/mol. The number of anilines is 2. The number of nitriles is 1. The fourth-order valence-corrected chi connectivity index (χ4v) is 5.73. The Bertz CT molecular complexity index is 1390. The number of carbonyl (C=O) groups is 1. The number of fused-ring (bicyclic) bond motifs is 2. The molecule has 2 aliphatic heterocycles. The van der Waals surface area contributed by atoms with Crippen LogP contribution in [-0.4, -0.2) is 92.0 Å². The number of H-pyrrole nitrogens is 1. The van der Waals surface area contributed by atoms with Crippen LogP contribution in [-0.2, 0) is 22.5 Å². The van der Waals surface area contributed by atoms with Gasteiger partial charge in [-0.3, -0.25) is 14.8 Å². The fourth-order valence-electron chi connectivity index (χ4n) is 5.45. The van der Waals surface area contributed by atoms with Crippen LogP contribution in [0.25, 0.3) is 10.8 Å². The third kappa shape index (κ3) is 6.41. The first-order valence-electron chi connectivity index (χ1n) is 13.9. The van der Waals surface area contributed by atoms with E-state index in [1.807, 2.05) is 25.3 Å². The molecule has 5 rings (SSSR count). The molecule has 0 bridgehead atoms. The van der Waals surface area contributed by atoms with Crippen LogP contribution in [0.4, 0.5) is 11.5 Å². The molecule has 210 valence electrons. The van der Waals surface area contributed by atoms with Crippen LogP contribution in [0.15, 0.2) is 48.6 Å². The molecular formula is C30H36ClN7O2. The fraction of sp³-hybridized carbons (Fsp3) is 0.433. The van der Waals surface area contributed by atoms with Crippen molar-refractivity contribution >= 4 is 39.8 Å². The van der Waals surface area contributed by atoms with Crippen molar-refractivity contribution in [2.45, 2.75) is 19.4 Å². The van der Waals surface area contributed by atoms with Crippen molar-refractivity contribution in [2.75, 3.05) is 75.9 Å². The number of hydrogen-bond donors (Lipinski definition) is 1. The Morgan fingerprint density at radius 3 is 2.77 bits per heavy atom. The Morgan fingerprint density at radius 2 is 1.98 bits per heavy atom. The highest BCUT2D eigenvalue weighted by Gasteiger charge is 2.25. The lowest BCUT2D eigenvalue weighted by Crippen LogP contribution is -2.38. The molecule has 3 aromatic rings. The van der Waals surface area contributed by atoms with Crippen molar-refractivity contribution < 1.29 is 9.53 Å². The molecular weight excluding hydrogens is 526 g/mol. The molecule has 10 heteroatoms. The highest BCUT2D eigenvalue weighted by atomic mass is 35.5. The maximum Gasteiger partial charge on any atom is 0.246 e. The molecule has 0 saturated carbocycles. The topological polar surface area (TPSA) is 91.7 Å². The van der Waals surface area contributed by atoms with E-state index < -0.39 is 0 Å². The lowest BCUT2D eigenvalue weighted by atomic mass is 10.0. The maximum absolute atomic E-state index is 12.9. The van der Waals surface area contributed by atoms with Gasteiger partial charge >= 0.3 is 0 Å². The Hall–Kier alpha value is -3.58. The first kappa shape index (κ1) is 28.0. The second-order valence-electron chi connectivity index (χ2n) is 10.3. The maximum atomic E-state index is 12.9. The van der Waals surface area contributed by atoms with Gasteiger partial charge in [0.1, 0.15) is 0 Å². The first-order chi connectivity index (χ1) is 19.5. The number of likely N-dealkylation sites (N-methyl/N-ethyl adjacent to an activating group) is 1. The van der Waals surface area contributed by atoms with Gasteiger partial charge in [-0.25, -0.2) is 0 Å². The third-order valence-electron chi connectivity index (χ3n) is 7.68. The summed E-state index contributed by atoms with van der Waals surface area (Å²) in [4.78, 5) is 21.4. The summed E-state index contributed by atoms with van der Waals surface area (Å²) in [5.74, 6) is 0.853. The van der Waals surface area contributed by atoms with Crippen LogP contribution < -0.4 is 9.80 Å². The SMILES string of the molecule is CN(CCN(CCC#N)C(=O)/C=C/CN1CCOCC1)c1n[nH]c2c1CCN(c1cccc3cccc(Cl)c13)C2. The van der Waals surface area contributed by atoms with Gasteiger partial charge in [-0.2, -0.15) is 10.4 Å². The smallest absolute Gasteiger partial charge is 0.246 e. The molecule has 1 saturated heterocycles. The predicted octanol–water partition coefficient (Wildman–Crippen LogP) is 3.85. The zero-order chi connectivity index (χ0) is 27.9. The monoisotopic (exact) mass is 561 g/mol. The van der Waals surface area contributed by atoms with Gasteiger partial charge in [0.25, 0.3) is 0 Å². The molecule has 3 heterocycles. The van der Waals surface area contributed by atoms with Gasteiger partial charge in [0, 0.05) is 75.6 Å². The number of benzene rings is 2. The molecule has 1 N–H and O–H groups in total. The zero-order valence-corrected chi connectivity index (χ0v) is 23.7. The van der Waals surface area contributed by atoms with E-state index in [9.17, 15) is 4.79 Å². The number of halogens is 1. The summed E-state index contributed by atoms with van der Waals surface area (Å²) in [6.07, 6.45) is 4.71. The molecule has 0 radical (unpaired) electrons. The molecule has 1 amide bonds. The second-order valence-corrected chi connectivity index (χ2v) is 10.7. The van der Waals surface area contributed by atoms with Crippen LogP contribution in [0.5, 0.6) is 0 Å². The molecule has 0 aliphatic carbocycles. The molecule has 2 aromatic carbocycles. The summed E-state index contributed by atoms with van der Waals surface area (Å²) in [6.45, 7) is 7.07. The van der Waals surface area contributed by atoms with E-state index >= 15 is 0 Å². The Balaban J connectivity index is 1.21. The number of ether oxygens (including phenoxy) is 1. The van der Waals surface area contributed by atoms with E-state index in [0.29, 0.717) is 26.1 Å². The molecule has 1 aromatic heterocycles. The quantitative estimate of drug-likeness (QED) is 0.376. The molecule has 40 heavy (non-hydrogen) atoms. The standard InChI is InChI=1S/C30H36ClN7O2/c1-35(16-17-37(14-5-12-32)28(39)10-4-13-36-18-20-40-21-19-36)30-24-11-15-38(22-26(24)33-34-30)27-9-3-7-23-6-2-8-25(31)29(23)27/h2-4,6-10H,5,11,13-22H2,1H3,(H,33,34)/b10-4+. The number of nitrogens with one attached hydrogen (secondary N) is 1. The highest BCUT2D eigenvalue weighted by molar-refractivity contribution is 6.36.